The zero-order valence-electron chi connectivity index (χ0n) is 45.8. The molecule has 0 saturated heterocycles. The van der Waals surface area contributed by atoms with Gasteiger partial charge in [0, 0.05) is 65.8 Å². The smallest absolute Gasteiger partial charge is 0.0548 e. The van der Waals surface area contributed by atoms with Gasteiger partial charge in [0.15, 0.2) is 0 Å². The molecular weight excluding hydrogens is 1020 g/mol. The molecule has 0 atom stereocenters. The van der Waals surface area contributed by atoms with Crippen molar-refractivity contribution in [2.75, 3.05) is 0 Å². The van der Waals surface area contributed by atoms with Crippen LogP contribution in [0.4, 0.5) is 0 Å². The molecule has 4 nitrogen and oxygen atoms in total. The lowest BCUT2D eigenvalue weighted by atomic mass is 9.98. The number of para-hydroxylation sites is 6. The zero-order chi connectivity index (χ0) is 55.2. The van der Waals surface area contributed by atoms with E-state index < -0.39 is 0 Å². The summed E-state index contributed by atoms with van der Waals surface area (Å²) in [4.78, 5) is 0. The van der Waals surface area contributed by atoms with Crippen molar-refractivity contribution in [1.29, 1.82) is 0 Å². The Kier molecular flexibility index (Phi) is 10.9. The molecule has 4 aromatic heterocycles. The third-order valence-corrected chi connectivity index (χ3v) is 17.4. The third-order valence-electron chi connectivity index (χ3n) is 17.4. The van der Waals surface area contributed by atoms with Gasteiger partial charge >= 0.3 is 0 Å². The Labute approximate surface area is 484 Å². The van der Waals surface area contributed by atoms with E-state index in [9.17, 15) is 0 Å². The lowest BCUT2D eigenvalue weighted by molar-refractivity contribution is 1.17. The normalized spacial score (nSPS) is 11.8. The molecule has 0 aliphatic carbocycles. The Morgan fingerprint density at radius 2 is 0.500 bits per heavy atom. The second kappa shape index (κ2) is 19.2. The molecule has 392 valence electrons. The van der Waals surface area contributed by atoms with Crippen molar-refractivity contribution in [1.82, 2.24) is 18.3 Å². The van der Waals surface area contributed by atoms with Crippen molar-refractivity contribution in [2.24, 2.45) is 0 Å². The summed E-state index contributed by atoms with van der Waals surface area (Å²) in [6.45, 7) is 0. The minimum absolute atomic E-state index is 1.16. The van der Waals surface area contributed by atoms with Crippen molar-refractivity contribution in [3.63, 3.8) is 0 Å². The highest BCUT2D eigenvalue weighted by atomic mass is 15.0. The maximum atomic E-state index is 2.44. The summed E-state index contributed by atoms with van der Waals surface area (Å²) in [5.41, 5.74) is 19.4. The Bertz CT molecular complexity index is 5610. The van der Waals surface area contributed by atoms with Crippen LogP contribution in [0.2, 0.25) is 0 Å². The number of nitrogens with zero attached hydrogens (tertiary/aromatic N) is 4. The molecule has 0 saturated carbocycles. The van der Waals surface area contributed by atoms with Gasteiger partial charge in [-0.25, -0.2) is 0 Å². The van der Waals surface area contributed by atoms with Crippen molar-refractivity contribution in [3.8, 4) is 45.0 Å². The van der Waals surface area contributed by atoms with Crippen LogP contribution in [0.1, 0.15) is 0 Å². The molecule has 0 aliphatic heterocycles. The van der Waals surface area contributed by atoms with Crippen LogP contribution in [0.3, 0.4) is 0 Å². The molecule has 0 bridgehead atoms. The largest absolute Gasteiger partial charge is 0.309 e. The fraction of sp³-hybridized carbons (Fsp3) is 0. The quantitative estimate of drug-likeness (QED) is 0.158. The van der Waals surface area contributed by atoms with Crippen molar-refractivity contribution in [3.05, 3.63) is 315 Å². The summed E-state index contributed by atoms with van der Waals surface area (Å²) in [5.74, 6) is 0. The molecule has 18 rings (SSSR count). The molecule has 14 aromatic carbocycles. The van der Waals surface area contributed by atoms with Crippen molar-refractivity contribution in [2.45, 2.75) is 0 Å². The summed E-state index contributed by atoms with van der Waals surface area (Å²) in [6.07, 6.45) is 0. The van der Waals surface area contributed by atoms with Crippen LogP contribution >= 0.6 is 0 Å². The van der Waals surface area contributed by atoms with E-state index >= 15 is 0 Å². The third kappa shape index (κ3) is 7.41. The molecule has 0 radical (unpaired) electrons. The maximum absolute atomic E-state index is 2.44. The van der Waals surface area contributed by atoms with E-state index in [1.165, 1.54) is 142 Å². The van der Waals surface area contributed by atoms with Crippen molar-refractivity contribution < 1.29 is 0 Å². The highest BCUT2D eigenvalue weighted by Gasteiger charge is 2.23. The number of rotatable bonds is 6. The molecule has 0 N–H and O–H groups in total. The highest BCUT2D eigenvalue weighted by molar-refractivity contribution is 6.30. The fourth-order valence-corrected chi connectivity index (χ4v) is 13.8. The number of aromatic nitrogens is 4. The molecule has 0 unspecified atom stereocenters. The van der Waals surface area contributed by atoms with E-state index in [1.807, 2.05) is 0 Å². The van der Waals surface area contributed by atoms with Gasteiger partial charge in [0.1, 0.15) is 0 Å². The first-order chi connectivity index (χ1) is 41.7. The monoisotopic (exact) mass is 1070 g/mol. The zero-order valence-corrected chi connectivity index (χ0v) is 45.8. The van der Waals surface area contributed by atoms with Gasteiger partial charge in [-0.3, -0.25) is 0 Å². The van der Waals surface area contributed by atoms with Gasteiger partial charge in [-0.2, -0.15) is 0 Å². The van der Waals surface area contributed by atoms with Crippen LogP contribution in [0.5, 0.6) is 0 Å². The summed E-state index contributed by atoms with van der Waals surface area (Å²) in [5, 5.41) is 15.3. The summed E-state index contributed by atoms with van der Waals surface area (Å²) in [7, 11) is 0. The predicted molar refractivity (Wildman–Crippen MR) is 356 cm³/mol. The first-order valence-electron chi connectivity index (χ1n) is 28.9. The van der Waals surface area contributed by atoms with Gasteiger partial charge in [-0.1, -0.05) is 212 Å². The van der Waals surface area contributed by atoms with E-state index in [0.717, 1.165) is 11.4 Å². The van der Waals surface area contributed by atoms with Crippen LogP contribution < -0.4 is 0 Å². The number of hydrogen-bond acceptors (Lipinski definition) is 0. The molecule has 0 aliphatic rings. The molecule has 18 aromatic rings. The molecular formula is C80H52N4. The Morgan fingerprint density at radius 3 is 0.988 bits per heavy atom. The Balaban J connectivity index is 0.000000132. The van der Waals surface area contributed by atoms with Gasteiger partial charge in [0.25, 0.3) is 0 Å². The Hall–Kier alpha value is -11.2. The topological polar surface area (TPSA) is 19.7 Å². The number of fused-ring (bicyclic) bond motifs is 16. The molecule has 0 spiro atoms. The fourth-order valence-electron chi connectivity index (χ4n) is 13.8. The second-order valence-corrected chi connectivity index (χ2v) is 22.0. The summed E-state index contributed by atoms with van der Waals surface area (Å²) >= 11 is 0. The van der Waals surface area contributed by atoms with Crippen molar-refractivity contribution >= 4 is 109 Å². The van der Waals surface area contributed by atoms with Crippen LogP contribution in [0, 0.1) is 0 Å². The summed E-state index contributed by atoms with van der Waals surface area (Å²) < 4.78 is 9.67. The van der Waals surface area contributed by atoms with Crippen LogP contribution in [-0.2, 0) is 0 Å². The number of hydrogen-bond donors (Lipinski definition) is 0. The SMILES string of the molecule is c1ccc(-n2c3ccccc3c3c4c5ccccc5n(-c5cccc(-c6ccc7ccccc7c6)c5)c4ccc32)cc1.c1ccc(-n2c3ccccc3c3c4c5ccccc5n(-c5cccc(-c6cccc7ccccc67)c5)c4ccc32)cc1. The van der Waals surface area contributed by atoms with Gasteiger partial charge < -0.3 is 18.3 Å². The van der Waals surface area contributed by atoms with Gasteiger partial charge in [0.05, 0.1) is 44.1 Å². The van der Waals surface area contributed by atoms with Gasteiger partial charge in [0.2, 0.25) is 0 Å². The lowest BCUT2D eigenvalue weighted by Crippen LogP contribution is -1.95. The van der Waals surface area contributed by atoms with E-state index in [4.69, 9.17) is 0 Å². The molecule has 0 fully saturated rings. The molecule has 4 heteroatoms. The van der Waals surface area contributed by atoms with E-state index in [1.54, 1.807) is 0 Å². The van der Waals surface area contributed by atoms with Crippen LogP contribution in [0.25, 0.3) is 154 Å². The van der Waals surface area contributed by atoms with E-state index in [0.29, 0.717) is 0 Å². The molecule has 4 heterocycles. The average molecular weight is 1070 g/mol. The highest BCUT2D eigenvalue weighted by Crippen LogP contribution is 2.45. The van der Waals surface area contributed by atoms with Crippen LogP contribution in [0.15, 0.2) is 315 Å². The van der Waals surface area contributed by atoms with Gasteiger partial charge in [-0.15, -0.1) is 0 Å². The summed E-state index contributed by atoms with van der Waals surface area (Å²) in [6, 6.07) is 114. The first kappa shape index (κ1) is 47.6. The van der Waals surface area contributed by atoms with E-state index in [2.05, 4.69) is 334 Å². The standard InChI is InChI=1S/2C40H26N2/c1-2-15-29(16-3-1)41-35-22-8-6-19-33(35)39-37(41)24-25-38-40(39)34-20-7-9-23-36(34)42(38)30-17-10-14-28(26-30)32-21-11-13-27-12-4-5-18-31(27)32;1-2-14-31(15-3-1)41-35-19-8-6-17-33(35)39-37(41)23-24-38-40(39)34-18-7-9-20-36(34)42(38)32-16-10-13-29(26-32)30-22-21-27-11-4-5-12-28(27)25-30/h2*1-26H. The first-order valence-corrected chi connectivity index (χ1v) is 28.9. The Morgan fingerprint density at radius 1 is 0.167 bits per heavy atom. The van der Waals surface area contributed by atoms with Gasteiger partial charge in [-0.05, 0) is 147 Å². The lowest BCUT2D eigenvalue weighted by Gasteiger charge is -2.12. The van der Waals surface area contributed by atoms with Crippen LogP contribution in [-0.4, -0.2) is 18.3 Å². The maximum Gasteiger partial charge on any atom is 0.0548 e. The average Bonchev–Trinajstić information content (AvgIpc) is 2.10. The van der Waals surface area contributed by atoms with E-state index in [-0.39, 0.29) is 0 Å². The number of benzene rings is 14. The molecule has 84 heavy (non-hydrogen) atoms. The predicted octanol–water partition coefficient (Wildman–Crippen LogP) is 21.4. The minimum Gasteiger partial charge on any atom is -0.309 e. The second-order valence-electron chi connectivity index (χ2n) is 22.0. The molecule has 0 amide bonds. The minimum atomic E-state index is 1.16.